The molecule has 3 nitrogen and oxygen atoms in total. The van der Waals surface area contributed by atoms with Crippen LogP contribution in [0.5, 0.6) is 5.75 Å². The molecule has 21 heavy (non-hydrogen) atoms. The van der Waals surface area contributed by atoms with E-state index in [-0.39, 0.29) is 5.56 Å². The van der Waals surface area contributed by atoms with Gasteiger partial charge in [0.15, 0.2) is 17.5 Å². The average molecular weight is 360 g/mol. The summed E-state index contributed by atoms with van der Waals surface area (Å²) in [5.74, 6) is -4.90. The number of anilines is 1. The van der Waals surface area contributed by atoms with Crippen molar-refractivity contribution in [2.45, 2.75) is 0 Å². The van der Waals surface area contributed by atoms with Gasteiger partial charge in [-0.25, -0.2) is 13.2 Å². The maximum absolute atomic E-state index is 13.1. The minimum Gasteiger partial charge on any atom is -0.495 e. The molecular formula is C14H9BrF3NO2. The smallest absolute Gasteiger partial charge is 0.255 e. The summed E-state index contributed by atoms with van der Waals surface area (Å²) >= 11 is 3.23. The molecule has 1 amide bonds. The normalized spacial score (nSPS) is 10.3. The van der Waals surface area contributed by atoms with Crippen LogP contribution in [0.25, 0.3) is 0 Å². The van der Waals surface area contributed by atoms with Crippen LogP contribution in [0.4, 0.5) is 18.9 Å². The van der Waals surface area contributed by atoms with Gasteiger partial charge in [-0.3, -0.25) is 4.79 Å². The molecule has 0 bridgehead atoms. The van der Waals surface area contributed by atoms with E-state index in [1.807, 2.05) is 0 Å². The zero-order chi connectivity index (χ0) is 15.6. The zero-order valence-corrected chi connectivity index (χ0v) is 12.3. The molecule has 2 rings (SSSR count). The summed E-state index contributed by atoms with van der Waals surface area (Å²) in [6, 6.07) is 6.11. The highest BCUT2D eigenvalue weighted by molar-refractivity contribution is 9.10. The molecule has 1 N–H and O–H groups in total. The average Bonchev–Trinajstić information content (AvgIpc) is 2.44. The molecule has 0 saturated heterocycles. The predicted molar refractivity (Wildman–Crippen MR) is 75.0 cm³/mol. The van der Waals surface area contributed by atoms with Gasteiger partial charge in [-0.2, -0.15) is 0 Å². The third-order valence-corrected chi connectivity index (χ3v) is 3.15. The summed E-state index contributed by atoms with van der Waals surface area (Å²) in [4.78, 5) is 12.0. The second kappa shape index (κ2) is 6.17. The highest BCUT2D eigenvalue weighted by Gasteiger charge is 2.16. The highest BCUT2D eigenvalue weighted by atomic mass is 79.9. The first-order chi connectivity index (χ1) is 9.92. The summed E-state index contributed by atoms with van der Waals surface area (Å²) in [6.45, 7) is 0. The van der Waals surface area contributed by atoms with Crippen LogP contribution >= 0.6 is 15.9 Å². The minimum absolute atomic E-state index is 0.307. The number of ether oxygens (including phenoxy) is 1. The Morgan fingerprint density at radius 2 is 1.76 bits per heavy atom. The maximum Gasteiger partial charge on any atom is 0.255 e. The van der Waals surface area contributed by atoms with Crippen LogP contribution in [0.2, 0.25) is 0 Å². The number of rotatable bonds is 3. The van der Waals surface area contributed by atoms with Crippen LogP contribution in [-0.4, -0.2) is 13.0 Å². The number of amides is 1. The van der Waals surface area contributed by atoms with Gasteiger partial charge >= 0.3 is 0 Å². The molecule has 0 atom stereocenters. The second-order valence-corrected chi connectivity index (χ2v) is 4.97. The van der Waals surface area contributed by atoms with Crippen molar-refractivity contribution in [1.82, 2.24) is 0 Å². The van der Waals surface area contributed by atoms with Crippen LogP contribution in [0.15, 0.2) is 34.8 Å². The zero-order valence-electron chi connectivity index (χ0n) is 10.7. The fourth-order valence-corrected chi connectivity index (χ4v) is 2.02. The fraction of sp³-hybridized carbons (Fsp3) is 0.0714. The monoisotopic (exact) mass is 359 g/mol. The molecule has 2 aromatic rings. The molecule has 0 aliphatic carbocycles. The summed E-state index contributed by atoms with van der Waals surface area (Å²) in [5.41, 5.74) is -0.0320. The fourth-order valence-electron chi connectivity index (χ4n) is 1.66. The number of carbonyl (C=O) groups excluding carboxylic acids is 1. The standard InChI is InChI=1S/C14H9BrF3NO2/c1-21-12-3-2-8(15)6-11(12)19-14(20)7-4-9(16)13(18)10(17)5-7/h2-6H,1H3,(H,19,20). The molecule has 0 aliphatic rings. The van der Waals surface area contributed by atoms with Gasteiger partial charge in [0.1, 0.15) is 5.75 Å². The van der Waals surface area contributed by atoms with Crippen molar-refractivity contribution in [1.29, 1.82) is 0 Å². The number of nitrogens with one attached hydrogen (secondary N) is 1. The van der Waals surface area contributed by atoms with E-state index in [1.165, 1.54) is 7.11 Å². The van der Waals surface area contributed by atoms with E-state index >= 15 is 0 Å². The Bertz CT molecular complexity index is 684. The lowest BCUT2D eigenvalue weighted by atomic mass is 10.2. The van der Waals surface area contributed by atoms with Crippen LogP contribution in [-0.2, 0) is 0 Å². The van der Waals surface area contributed by atoms with Gasteiger partial charge in [-0.05, 0) is 30.3 Å². The van der Waals surface area contributed by atoms with Gasteiger partial charge in [0, 0.05) is 10.0 Å². The van der Waals surface area contributed by atoms with E-state index in [0.717, 1.165) is 0 Å². The lowest BCUT2D eigenvalue weighted by Crippen LogP contribution is -2.14. The van der Waals surface area contributed by atoms with E-state index in [4.69, 9.17) is 4.74 Å². The Morgan fingerprint density at radius 3 is 2.33 bits per heavy atom. The van der Waals surface area contributed by atoms with Gasteiger partial charge in [0.25, 0.3) is 5.91 Å². The van der Waals surface area contributed by atoms with Gasteiger partial charge < -0.3 is 10.1 Å². The number of carbonyl (C=O) groups is 1. The van der Waals surface area contributed by atoms with Gasteiger partial charge in [0.05, 0.1) is 12.8 Å². The molecule has 0 radical (unpaired) electrons. The van der Waals surface area contributed by atoms with E-state index in [2.05, 4.69) is 21.2 Å². The number of hydrogen-bond acceptors (Lipinski definition) is 2. The molecule has 0 unspecified atom stereocenters. The van der Waals surface area contributed by atoms with Crippen LogP contribution in [0.3, 0.4) is 0 Å². The van der Waals surface area contributed by atoms with Crippen molar-refractivity contribution >= 4 is 27.5 Å². The molecule has 0 aromatic heterocycles. The van der Waals surface area contributed by atoms with Crippen molar-refractivity contribution < 1.29 is 22.7 Å². The topological polar surface area (TPSA) is 38.3 Å². The second-order valence-electron chi connectivity index (χ2n) is 4.05. The van der Waals surface area contributed by atoms with Crippen LogP contribution < -0.4 is 10.1 Å². The van der Waals surface area contributed by atoms with Crippen molar-refractivity contribution in [2.24, 2.45) is 0 Å². The molecule has 0 aliphatic heterocycles. The lowest BCUT2D eigenvalue weighted by Gasteiger charge is -2.11. The third-order valence-electron chi connectivity index (χ3n) is 2.66. The van der Waals surface area contributed by atoms with Gasteiger partial charge in [-0.1, -0.05) is 15.9 Å². The van der Waals surface area contributed by atoms with E-state index in [0.29, 0.717) is 28.0 Å². The van der Waals surface area contributed by atoms with Gasteiger partial charge in [-0.15, -0.1) is 0 Å². The van der Waals surface area contributed by atoms with E-state index < -0.39 is 23.4 Å². The SMILES string of the molecule is COc1ccc(Br)cc1NC(=O)c1cc(F)c(F)c(F)c1. The first-order valence-corrected chi connectivity index (χ1v) is 6.51. The molecule has 110 valence electrons. The van der Waals surface area contributed by atoms with E-state index in [9.17, 15) is 18.0 Å². The maximum atomic E-state index is 13.1. The van der Waals surface area contributed by atoms with Crippen molar-refractivity contribution in [3.63, 3.8) is 0 Å². The minimum atomic E-state index is -1.62. The van der Waals surface area contributed by atoms with Crippen molar-refractivity contribution in [3.8, 4) is 5.75 Å². The number of halogens is 4. The summed E-state index contributed by atoms with van der Waals surface area (Å²) in [5, 5.41) is 2.44. The number of methoxy groups -OCH3 is 1. The molecule has 0 fully saturated rings. The Labute approximate surface area is 126 Å². The highest BCUT2D eigenvalue weighted by Crippen LogP contribution is 2.28. The third kappa shape index (κ3) is 3.36. The quantitative estimate of drug-likeness (QED) is 0.836. The van der Waals surface area contributed by atoms with E-state index in [1.54, 1.807) is 18.2 Å². The molecule has 0 heterocycles. The Morgan fingerprint density at radius 1 is 1.14 bits per heavy atom. The Hall–Kier alpha value is -2.02. The summed E-state index contributed by atoms with van der Waals surface area (Å²) in [6.07, 6.45) is 0. The molecule has 7 heteroatoms. The largest absolute Gasteiger partial charge is 0.495 e. The molecule has 0 saturated carbocycles. The van der Waals surface area contributed by atoms with Crippen molar-refractivity contribution in [3.05, 3.63) is 57.8 Å². The predicted octanol–water partition coefficient (Wildman–Crippen LogP) is 4.13. The first-order valence-electron chi connectivity index (χ1n) is 5.72. The summed E-state index contributed by atoms with van der Waals surface area (Å²) < 4.78 is 44.8. The first kappa shape index (κ1) is 15.4. The summed E-state index contributed by atoms with van der Waals surface area (Å²) in [7, 11) is 1.41. The Kier molecular flexibility index (Phi) is 4.52. The van der Waals surface area contributed by atoms with Gasteiger partial charge in [0.2, 0.25) is 0 Å². The van der Waals surface area contributed by atoms with Crippen molar-refractivity contribution in [2.75, 3.05) is 12.4 Å². The molecule has 0 spiro atoms. The van der Waals surface area contributed by atoms with Crippen LogP contribution in [0, 0.1) is 17.5 Å². The number of benzene rings is 2. The lowest BCUT2D eigenvalue weighted by molar-refractivity contribution is 0.102. The molecule has 2 aromatic carbocycles. The Balaban J connectivity index is 2.32. The molecular weight excluding hydrogens is 351 g/mol. The van der Waals surface area contributed by atoms with Crippen LogP contribution in [0.1, 0.15) is 10.4 Å². The number of hydrogen-bond donors (Lipinski definition) is 1.